The Morgan fingerprint density at radius 2 is 1.58 bits per heavy atom. The zero-order valence-electron chi connectivity index (χ0n) is 10.6. The van der Waals surface area contributed by atoms with E-state index in [2.05, 4.69) is 27.4 Å². The second-order valence-electron chi connectivity index (χ2n) is 4.23. The largest absolute Gasteiger partial charge is 0.368 e. The van der Waals surface area contributed by atoms with Crippen LogP contribution in [0.5, 0.6) is 0 Å². The Morgan fingerprint density at radius 1 is 1.11 bits per heavy atom. The van der Waals surface area contributed by atoms with Gasteiger partial charge in [0.25, 0.3) is 0 Å². The van der Waals surface area contributed by atoms with Gasteiger partial charge in [-0.05, 0) is 13.8 Å². The molecule has 1 aliphatic heterocycles. The minimum Gasteiger partial charge on any atom is -0.368 e. The molecule has 19 heavy (non-hydrogen) atoms. The number of nitrogens with zero attached hydrogens (tertiary/aromatic N) is 4. The van der Waals surface area contributed by atoms with Gasteiger partial charge in [-0.3, -0.25) is 0 Å². The molecule has 2 rings (SSSR count). The summed E-state index contributed by atoms with van der Waals surface area (Å²) in [6.07, 6.45) is 3.10. The van der Waals surface area contributed by atoms with E-state index in [-0.39, 0.29) is 5.95 Å². The molecule has 3 N–H and O–H groups in total. The van der Waals surface area contributed by atoms with E-state index in [1.807, 2.05) is 0 Å². The van der Waals surface area contributed by atoms with Crippen molar-refractivity contribution in [1.82, 2.24) is 15.3 Å². The number of nitrogen functional groups attached to an aromatic ring is 1. The third kappa shape index (κ3) is 2.12. The van der Waals surface area contributed by atoms with Crippen LogP contribution >= 0.6 is 0 Å². The third-order valence-electron chi connectivity index (χ3n) is 3.03. The fourth-order valence-electron chi connectivity index (χ4n) is 2.12. The van der Waals surface area contributed by atoms with Gasteiger partial charge in [0, 0.05) is 29.4 Å². The molecule has 0 amide bonds. The molecule has 0 saturated heterocycles. The fourth-order valence-corrected chi connectivity index (χ4v) is 2.12. The molecule has 1 aliphatic rings. The highest BCUT2D eigenvalue weighted by Gasteiger charge is 2.29. The number of nitrogens with two attached hydrogens (primary N) is 1. The van der Waals surface area contributed by atoms with Gasteiger partial charge in [-0.2, -0.15) is 10.5 Å². The highest BCUT2D eigenvalue weighted by molar-refractivity contribution is 5.54. The number of rotatable bonds is 1. The highest BCUT2D eigenvalue weighted by Crippen LogP contribution is 2.36. The summed E-state index contributed by atoms with van der Waals surface area (Å²) in [5.41, 5.74) is 8.60. The fraction of sp³-hybridized carbons (Fsp3) is 0.231. The van der Waals surface area contributed by atoms with Crippen LogP contribution in [0, 0.1) is 22.7 Å². The zero-order valence-corrected chi connectivity index (χ0v) is 10.6. The monoisotopic (exact) mass is 252 g/mol. The van der Waals surface area contributed by atoms with Gasteiger partial charge in [0.15, 0.2) is 0 Å². The van der Waals surface area contributed by atoms with Gasteiger partial charge in [-0.1, -0.05) is 0 Å². The summed E-state index contributed by atoms with van der Waals surface area (Å²) in [5, 5.41) is 21.6. The minimum atomic E-state index is -0.433. The van der Waals surface area contributed by atoms with Gasteiger partial charge < -0.3 is 11.1 Å². The Bertz CT molecular complexity index is 618. The molecule has 1 aromatic heterocycles. The Morgan fingerprint density at radius 3 is 2.00 bits per heavy atom. The van der Waals surface area contributed by atoms with Crippen molar-refractivity contribution in [3.63, 3.8) is 0 Å². The van der Waals surface area contributed by atoms with Crippen LogP contribution in [-0.2, 0) is 0 Å². The first-order valence-corrected chi connectivity index (χ1v) is 5.64. The van der Waals surface area contributed by atoms with E-state index in [1.54, 1.807) is 26.2 Å². The molecule has 0 saturated carbocycles. The number of hydrogen-bond acceptors (Lipinski definition) is 6. The molecular weight excluding hydrogens is 240 g/mol. The molecule has 0 aromatic carbocycles. The number of aromatic nitrogens is 2. The number of allylic oxidation sites excluding steroid dienone is 4. The molecule has 0 fully saturated rings. The Balaban J connectivity index is 2.61. The first-order chi connectivity index (χ1) is 9.08. The highest BCUT2D eigenvalue weighted by atomic mass is 15.0. The molecular formula is C13H12N6. The maximum absolute atomic E-state index is 9.30. The van der Waals surface area contributed by atoms with Crippen LogP contribution in [0.2, 0.25) is 0 Å². The lowest BCUT2D eigenvalue weighted by molar-refractivity contribution is 0.807. The number of hydrogen-bond donors (Lipinski definition) is 2. The second kappa shape index (κ2) is 4.79. The van der Waals surface area contributed by atoms with E-state index in [1.165, 1.54) is 0 Å². The zero-order chi connectivity index (χ0) is 14.0. The molecule has 0 atom stereocenters. The molecule has 0 unspecified atom stereocenters. The van der Waals surface area contributed by atoms with Gasteiger partial charge >= 0.3 is 0 Å². The van der Waals surface area contributed by atoms with E-state index in [9.17, 15) is 10.5 Å². The standard InChI is InChI=1S/C13H12N6/c1-7-10(3-14)12(11(4-15)8(2)19-7)9-5-17-13(16)18-6-9/h5-6,12,19H,1-2H3,(H2,16,17,18). The van der Waals surface area contributed by atoms with Crippen molar-refractivity contribution in [2.75, 3.05) is 5.73 Å². The summed E-state index contributed by atoms with van der Waals surface area (Å²) in [6.45, 7) is 3.61. The van der Waals surface area contributed by atoms with Crippen LogP contribution in [0.4, 0.5) is 5.95 Å². The Labute approximate surface area is 110 Å². The lowest BCUT2D eigenvalue weighted by Crippen LogP contribution is -2.23. The number of nitriles is 2. The molecule has 0 radical (unpaired) electrons. The molecule has 0 aliphatic carbocycles. The first kappa shape index (κ1) is 12.6. The van der Waals surface area contributed by atoms with Gasteiger partial charge in [-0.25, -0.2) is 9.97 Å². The van der Waals surface area contributed by atoms with Crippen LogP contribution < -0.4 is 11.1 Å². The third-order valence-corrected chi connectivity index (χ3v) is 3.03. The van der Waals surface area contributed by atoms with Crippen LogP contribution in [0.3, 0.4) is 0 Å². The Kier molecular flexibility index (Phi) is 3.17. The van der Waals surface area contributed by atoms with Crippen molar-refractivity contribution >= 4 is 5.95 Å². The summed E-state index contributed by atoms with van der Waals surface area (Å²) in [5.74, 6) is -0.270. The smallest absolute Gasteiger partial charge is 0.219 e. The maximum Gasteiger partial charge on any atom is 0.219 e. The molecule has 2 heterocycles. The van der Waals surface area contributed by atoms with Crippen molar-refractivity contribution in [3.8, 4) is 12.1 Å². The summed E-state index contributed by atoms with van der Waals surface area (Å²) in [4.78, 5) is 7.85. The van der Waals surface area contributed by atoms with Crippen molar-refractivity contribution in [2.24, 2.45) is 0 Å². The van der Waals surface area contributed by atoms with Gasteiger partial charge in [-0.15, -0.1) is 0 Å². The lowest BCUT2D eigenvalue weighted by atomic mass is 9.83. The molecule has 6 heteroatoms. The van der Waals surface area contributed by atoms with Crippen molar-refractivity contribution < 1.29 is 0 Å². The molecule has 0 bridgehead atoms. The van der Waals surface area contributed by atoms with E-state index in [0.29, 0.717) is 16.7 Å². The number of nitrogens with one attached hydrogen (secondary N) is 1. The topological polar surface area (TPSA) is 111 Å². The van der Waals surface area contributed by atoms with Crippen molar-refractivity contribution in [1.29, 1.82) is 10.5 Å². The quantitative estimate of drug-likeness (QED) is 0.780. The van der Waals surface area contributed by atoms with Gasteiger partial charge in [0.05, 0.1) is 29.2 Å². The summed E-state index contributed by atoms with van der Waals surface area (Å²) >= 11 is 0. The SMILES string of the molecule is CC1=C(C#N)C(c2cnc(N)nc2)C(C#N)=C(C)N1. The lowest BCUT2D eigenvalue weighted by Gasteiger charge is -2.25. The average Bonchev–Trinajstić information content (AvgIpc) is 2.39. The van der Waals surface area contributed by atoms with Crippen molar-refractivity contribution in [3.05, 3.63) is 40.5 Å². The average molecular weight is 252 g/mol. The van der Waals surface area contributed by atoms with Crippen molar-refractivity contribution in [2.45, 2.75) is 19.8 Å². The number of dihydropyridines is 1. The van der Waals surface area contributed by atoms with Gasteiger partial charge in [0.2, 0.25) is 5.95 Å². The molecule has 1 aromatic rings. The normalized spacial score (nSPS) is 15.8. The van der Waals surface area contributed by atoms with E-state index >= 15 is 0 Å². The summed E-state index contributed by atoms with van der Waals surface area (Å²) in [7, 11) is 0. The van der Waals surface area contributed by atoms with Crippen LogP contribution in [0.1, 0.15) is 25.3 Å². The predicted octanol–water partition coefficient (Wildman–Crippen LogP) is 1.34. The van der Waals surface area contributed by atoms with E-state index < -0.39 is 5.92 Å². The van der Waals surface area contributed by atoms with Crippen LogP contribution in [0.25, 0.3) is 0 Å². The molecule has 0 spiro atoms. The van der Waals surface area contributed by atoms with E-state index in [4.69, 9.17) is 5.73 Å². The van der Waals surface area contributed by atoms with Crippen LogP contribution in [0.15, 0.2) is 34.9 Å². The maximum atomic E-state index is 9.30. The Hall–Kier alpha value is -2.86. The molecule has 6 nitrogen and oxygen atoms in total. The van der Waals surface area contributed by atoms with Gasteiger partial charge in [0.1, 0.15) is 0 Å². The summed E-state index contributed by atoms with van der Waals surface area (Å²) < 4.78 is 0. The van der Waals surface area contributed by atoms with Crippen LogP contribution in [-0.4, -0.2) is 9.97 Å². The van der Waals surface area contributed by atoms with E-state index in [0.717, 1.165) is 11.4 Å². The minimum absolute atomic E-state index is 0.163. The summed E-state index contributed by atoms with van der Waals surface area (Å²) in [6, 6.07) is 4.29. The number of anilines is 1. The first-order valence-electron chi connectivity index (χ1n) is 5.64. The predicted molar refractivity (Wildman–Crippen MR) is 68.9 cm³/mol. The molecule has 94 valence electrons. The second-order valence-corrected chi connectivity index (χ2v) is 4.23.